The van der Waals surface area contributed by atoms with Crippen molar-refractivity contribution in [1.29, 1.82) is 0 Å². The SMILES string of the molecule is COc1cccc2[nH]cc(C(=O)c3cccc(Br)c3C)c12. The predicted molar refractivity (Wildman–Crippen MR) is 87.2 cm³/mol. The average molecular weight is 344 g/mol. The highest BCUT2D eigenvalue weighted by molar-refractivity contribution is 9.10. The Kier molecular flexibility index (Phi) is 3.55. The molecule has 0 bridgehead atoms. The number of carbonyl (C=O) groups excluding carboxylic acids is 1. The Balaban J connectivity index is 2.21. The standard InChI is InChI=1S/C17H14BrNO2/c1-10-11(5-3-6-13(10)18)17(20)12-9-19-14-7-4-8-15(21-2)16(12)14/h3-9,19H,1-2H3. The molecule has 0 amide bonds. The number of hydrogen-bond donors (Lipinski definition) is 1. The van der Waals surface area contributed by atoms with E-state index in [9.17, 15) is 4.79 Å². The summed E-state index contributed by atoms with van der Waals surface area (Å²) in [6.07, 6.45) is 1.75. The summed E-state index contributed by atoms with van der Waals surface area (Å²) in [5.74, 6) is 0.689. The topological polar surface area (TPSA) is 42.1 Å². The van der Waals surface area contributed by atoms with Gasteiger partial charge in [-0.1, -0.05) is 34.1 Å². The van der Waals surface area contributed by atoms with Crippen molar-refractivity contribution < 1.29 is 9.53 Å². The van der Waals surface area contributed by atoms with Gasteiger partial charge in [-0.15, -0.1) is 0 Å². The molecule has 106 valence electrons. The van der Waals surface area contributed by atoms with Crippen LogP contribution in [0, 0.1) is 6.92 Å². The van der Waals surface area contributed by atoms with Gasteiger partial charge in [-0.25, -0.2) is 0 Å². The van der Waals surface area contributed by atoms with E-state index in [0.717, 1.165) is 20.9 Å². The van der Waals surface area contributed by atoms with E-state index in [1.165, 1.54) is 0 Å². The van der Waals surface area contributed by atoms with Gasteiger partial charge in [0.25, 0.3) is 0 Å². The van der Waals surface area contributed by atoms with E-state index in [4.69, 9.17) is 4.74 Å². The van der Waals surface area contributed by atoms with Crippen molar-refractivity contribution in [1.82, 2.24) is 4.98 Å². The molecule has 0 saturated carbocycles. The smallest absolute Gasteiger partial charge is 0.195 e. The largest absolute Gasteiger partial charge is 0.496 e. The zero-order valence-electron chi connectivity index (χ0n) is 11.7. The molecule has 0 aliphatic heterocycles. The van der Waals surface area contributed by atoms with E-state index in [1.54, 1.807) is 13.3 Å². The van der Waals surface area contributed by atoms with Crippen molar-refractivity contribution in [3.8, 4) is 5.75 Å². The van der Waals surface area contributed by atoms with E-state index < -0.39 is 0 Å². The highest BCUT2D eigenvalue weighted by Crippen LogP contribution is 2.31. The van der Waals surface area contributed by atoms with Crippen LogP contribution in [-0.4, -0.2) is 17.9 Å². The number of hydrogen-bond acceptors (Lipinski definition) is 2. The van der Waals surface area contributed by atoms with Crippen LogP contribution in [-0.2, 0) is 0 Å². The molecule has 0 radical (unpaired) electrons. The Hall–Kier alpha value is -2.07. The van der Waals surface area contributed by atoms with Crippen LogP contribution in [0.3, 0.4) is 0 Å². The average Bonchev–Trinajstić information content (AvgIpc) is 2.93. The van der Waals surface area contributed by atoms with E-state index in [1.807, 2.05) is 43.3 Å². The number of fused-ring (bicyclic) bond motifs is 1. The molecule has 3 rings (SSSR count). The molecule has 0 atom stereocenters. The Morgan fingerprint density at radius 2 is 1.90 bits per heavy atom. The fourth-order valence-electron chi connectivity index (χ4n) is 2.50. The van der Waals surface area contributed by atoms with Crippen LogP contribution < -0.4 is 4.74 Å². The zero-order valence-corrected chi connectivity index (χ0v) is 13.3. The van der Waals surface area contributed by atoms with Gasteiger partial charge in [-0.2, -0.15) is 0 Å². The molecule has 0 aliphatic carbocycles. The summed E-state index contributed by atoms with van der Waals surface area (Å²) in [5, 5.41) is 0.823. The molecule has 0 saturated heterocycles. The summed E-state index contributed by atoms with van der Waals surface area (Å²) in [5.41, 5.74) is 3.15. The fraction of sp³-hybridized carbons (Fsp3) is 0.118. The molecule has 1 aromatic heterocycles. The normalized spacial score (nSPS) is 10.8. The molecule has 1 heterocycles. The second kappa shape index (κ2) is 5.37. The molecular weight excluding hydrogens is 330 g/mol. The van der Waals surface area contributed by atoms with Crippen LogP contribution in [0.15, 0.2) is 47.1 Å². The molecule has 0 aliphatic rings. The summed E-state index contributed by atoms with van der Waals surface area (Å²) < 4.78 is 6.32. The summed E-state index contributed by atoms with van der Waals surface area (Å²) in [6.45, 7) is 1.93. The van der Waals surface area contributed by atoms with Crippen molar-refractivity contribution in [3.63, 3.8) is 0 Å². The van der Waals surface area contributed by atoms with Crippen molar-refractivity contribution in [2.45, 2.75) is 6.92 Å². The minimum Gasteiger partial charge on any atom is -0.496 e. The summed E-state index contributed by atoms with van der Waals surface area (Å²) >= 11 is 3.47. The second-order valence-electron chi connectivity index (χ2n) is 4.83. The molecule has 0 spiro atoms. The fourth-order valence-corrected chi connectivity index (χ4v) is 2.87. The van der Waals surface area contributed by atoms with Gasteiger partial charge in [0.15, 0.2) is 5.78 Å². The van der Waals surface area contributed by atoms with Gasteiger partial charge in [0.2, 0.25) is 0 Å². The zero-order chi connectivity index (χ0) is 15.0. The number of nitrogens with one attached hydrogen (secondary N) is 1. The molecule has 0 unspecified atom stereocenters. The van der Waals surface area contributed by atoms with Crippen molar-refractivity contribution in [2.75, 3.05) is 7.11 Å². The molecular formula is C17H14BrNO2. The van der Waals surface area contributed by atoms with Gasteiger partial charge < -0.3 is 9.72 Å². The lowest BCUT2D eigenvalue weighted by molar-refractivity contribution is 0.103. The Bertz CT molecular complexity index is 836. The maximum atomic E-state index is 12.9. The van der Waals surface area contributed by atoms with Gasteiger partial charge >= 0.3 is 0 Å². The van der Waals surface area contributed by atoms with E-state index in [-0.39, 0.29) is 5.78 Å². The van der Waals surface area contributed by atoms with Gasteiger partial charge in [0.05, 0.1) is 18.1 Å². The van der Waals surface area contributed by atoms with Crippen LogP contribution >= 0.6 is 15.9 Å². The Labute approximate surface area is 131 Å². The van der Waals surface area contributed by atoms with Gasteiger partial charge in [-0.05, 0) is 30.7 Å². The molecule has 4 heteroatoms. The molecule has 1 N–H and O–H groups in total. The first-order chi connectivity index (χ1) is 10.1. The summed E-state index contributed by atoms with van der Waals surface area (Å²) in [7, 11) is 1.61. The number of halogens is 1. The number of ketones is 1. The van der Waals surface area contributed by atoms with E-state index >= 15 is 0 Å². The number of aromatic nitrogens is 1. The van der Waals surface area contributed by atoms with Gasteiger partial charge in [0.1, 0.15) is 5.75 Å². The lowest BCUT2D eigenvalue weighted by Gasteiger charge is -2.07. The number of ether oxygens (including phenoxy) is 1. The van der Waals surface area contributed by atoms with Gasteiger partial charge in [-0.3, -0.25) is 4.79 Å². The number of H-pyrrole nitrogens is 1. The molecule has 21 heavy (non-hydrogen) atoms. The van der Waals surface area contributed by atoms with Crippen molar-refractivity contribution in [3.05, 3.63) is 63.8 Å². The van der Waals surface area contributed by atoms with Crippen LogP contribution in [0.1, 0.15) is 21.5 Å². The number of carbonyl (C=O) groups is 1. The third-order valence-corrected chi connectivity index (χ3v) is 4.50. The number of benzene rings is 2. The minimum absolute atomic E-state index is 0.00968. The first-order valence-corrected chi connectivity index (χ1v) is 7.36. The first kappa shape index (κ1) is 13.9. The number of rotatable bonds is 3. The lowest BCUT2D eigenvalue weighted by Crippen LogP contribution is -2.03. The maximum absolute atomic E-state index is 12.9. The maximum Gasteiger partial charge on any atom is 0.195 e. The number of aromatic amines is 1. The highest BCUT2D eigenvalue weighted by Gasteiger charge is 2.19. The first-order valence-electron chi connectivity index (χ1n) is 6.57. The van der Waals surface area contributed by atoms with Crippen LogP contribution in [0.25, 0.3) is 10.9 Å². The van der Waals surface area contributed by atoms with Crippen LogP contribution in [0.4, 0.5) is 0 Å². The van der Waals surface area contributed by atoms with Crippen molar-refractivity contribution in [2.24, 2.45) is 0 Å². The number of methoxy groups -OCH3 is 1. The van der Waals surface area contributed by atoms with Crippen LogP contribution in [0.2, 0.25) is 0 Å². The quantitative estimate of drug-likeness (QED) is 0.712. The Morgan fingerprint density at radius 3 is 2.67 bits per heavy atom. The third kappa shape index (κ3) is 2.25. The van der Waals surface area contributed by atoms with Crippen molar-refractivity contribution >= 4 is 32.6 Å². The minimum atomic E-state index is -0.00968. The molecule has 3 aromatic rings. The van der Waals surface area contributed by atoms with Gasteiger partial charge in [0, 0.05) is 21.7 Å². The second-order valence-corrected chi connectivity index (χ2v) is 5.68. The molecule has 3 nitrogen and oxygen atoms in total. The Morgan fingerprint density at radius 1 is 1.14 bits per heavy atom. The predicted octanol–water partition coefficient (Wildman–Crippen LogP) is 4.48. The summed E-state index contributed by atoms with van der Waals surface area (Å²) in [6, 6.07) is 11.3. The lowest BCUT2D eigenvalue weighted by atomic mass is 9.98. The third-order valence-electron chi connectivity index (χ3n) is 3.64. The van der Waals surface area contributed by atoms with E-state index in [0.29, 0.717) is 16.9 Å². The summed E-state index contributed by atoms with van der Waals surface area (Å²) in [4.78, 5) is 16.0. The monoisotopic (exact) mass is 343 g/mol. The van der Waals surface area contributed by atoms with Crippen LogP contribution in [0.5, 0.6) is 5.75 Å². The van der Waals surface area contributed by atoms with E-state index in [2.05, 4.69) is 20.9 Å². The molecule has 2 aromatic carbocycles. The highest BCUT2D eigenvalue weighted by atomic mass is 79.9. The molecule has 0 fully saturated rings.